The molecular weight excluding hydrogens is 531 g/mol. The number of nitrogens with zero attached hydrogens (tertiary/aromatic N) is 6. The first-order valence-corrected chi connectivity index (χ1v) is 13.3. The average Bonchev–Trinajstić information content (AvgIpc) is 2.96. The van der Waals surface area contributed by atoms with Gasteiger partial charge in [0.15, 0.2) is 0 Å². The van der Waals surface area contributed by atoms with E-state index >= 15 is 0 Å². The molecule has 1 aromatic carbocycles. The smallest absolute Gasteiger partial charge is 0.321 e. The molecule has 0 atom stereocenters. The fraction of sp³-hybridized carbons (Fsp3) is 0.300. The summed E-state index contributed by atoms with van der Waals surface area (Å²) in [5, 5.41) is 2.70. The van der Waals surface area contributed by atoms with Crippen LogP contribution in [0.25, 0.3) is 11.3 Å². The van der Waals surface area contributed by atoms with Gasteiger partial charge in [-0.05, 0) is 61.5 Å². The summed E-state index contributed by atoms with van der Waals surface area (Å²) in [6.45, 7) is 5.00. The van der Waals surface area contributed by atoms with E-state index in [1.165, 1.54) is 18.3 Å². The Bertz CT molecular complexity index is 1520. The van der Waals surface area contributed by atoms with Crippen LogP contribution < -0.4 is 5.32 Å². The summed E-state index contributed by atoms with van der Waals surface area (Å²) in [5.74, 6) is -0.0847. The van der Waals surface area contributed by atoms with Crippen LogP contribution in [0, 0.1) is 6.92 Å². The van der Waals surface area contributed by atoms with Crippen molar-refractivity contribution in [2.45, 2.75) is 26.1 Å². The molecule has 1 aliphatic heterocycles. The number of aromatic nitrogens is 4. The van der Waals surface area contributed by atoms with E-state index in [1.807, 2.05) is 31.0 Å². The predicted molar refractivity (Wildman–Crippen MR) is 149 cm³/mol. The molecule has 1 saturated heterocycles. The second-order valence-electron chi connectivity index (χ2n) is 10.1. The van der Waals surface area contributed by atoms with Crippen LogP contribution in [0.4, 0.5) is 18.9 Å². The Hall–Kier alpha value is -4.22. The van der Waals surface area contributed by atoms with Crippen LogP contribution >= 0.6 is 0 Å². The Morgan fingerprint density at radius 2 is 1.78 bits per heavy atom. The number of piperazine rings is 1. The monoisotopic (exact) mass is 561 g/mol. The number of pyridine rings is 2. The zero-order valence-electron chi connectivity index (χ0n) is 22.8. The second kappa shape index (κ2) is 12.1. The number of hydrogen-bond acceptors (Lipinski definition) is 7. The molecule has 4 heterocycles. The van der Waals surface area contributed by atoms with Crippen molar-refractivity contribution in [2.24, 2.45) is 0 Å². The van der Waals surface area contributed by atoms with Crippen LogP contribution in [-0.4, -0.2) is 68.9 Å². The van der Waals surface area contributed by atoms with Gasteiger partial charge < -0.3 is 10.2 Å². The highest BCUT2D eigenvalue weighted by molar-refractivity contribution is 6.04. The molecule has 1 N–H and O–H groups in total. The highest BCUT2D eigenvalue weighted by Crippen LogP contribution is 2.34. The summed E-state index contributed by atoms with van der Waals surface area (Å²) in [6, 6.07) is 11.1. The first kappa shape index (κ1) is 28.3. The van der Waals surface area contributed by atoms with Gasteiger partial charge in [0.05, 0.1) is 23.1 Å². The fourth-order valence-corrected chi connectivity index (χ4v) is 4.73. The molecule has 3 aromatic heterocycles. The van der Waals surface area contributed by atoms with E-state index < -0.39 is 17.6 Å². The van der Waals surface area contributed by atoms with Gasteiger partial charge in [-0.15, -0.1) is 0 Å². The van der Waals surface area contributed by atoms with Crippen molar-refractivity contribution in [2.75, 3.05) is 38.5 Å². The number of nitrogens with one attached hydrogen (secondary N) is 1. The highest BCUT2D eigenvalue weighted by Gasteiger charge is 2.34. The topological polar surface area (TPSA) is 87.1 Å². The van der Waals surface area contributed by atoms with Crippen molar-refractivity contribution in [3.63, 3.8) is 0 Å². The van der Waals surface area contributed by atoms with E-state index in [2.05, 4.69) is 30.2 Å². The standard InChI is InChI=1S/C30H30F3N7O/c1-20-24(16-28-35-9-7-27(38-28)22-4-3-8-34-17-22)14-25(18-36-20)37-29(41)21-5-6-23(26(15-21)30(31,32)33)19-40-12-10-39(2)11-13-40/h3-9,14-15,17-18H,10-13,16,19H2,1-2H3,(H,37,41). The number of likely N-dealkylation sites (N-methyl/N-ethyl adjacent to an activating group) is 1. The zero-order valence-corrected chi connectivity index (χ0v) is 22.8. The second-order valence-corrected chi connectivity index (χ2v) is 10.1. The van der Waals surface area contributed by atoms with E-state index in [4.69, 9.17) is 0 Å². The van der Waals surface area contributed by atoms with Crippen LogP contribution in [0.3, 0.4) is 0 Å². The van der Waals surface area contributed by atoms with Crippen molar-refractivity contribution in [3.05, 3.63) is 101 Å². The lowest BCUT2D eigenvalue weighted by atomic mass is 10.0. The molecule has 4 aromatic rings. The predicted octanol–water partition coefficient (Wildman–Crippen LogP) is 4.85. The van der Waals surface area contributed by atoms with Gasteiger partial charge in [-0.1, -0.05) is 6.07 Å². The lowest BCUT2D eigenvalue weighted by molar-refractivity contribution is -0.138. The molecule has 1 amide bonds. The van der Waals surface area contributed by atoms with E-state index in [9.17, 15) is 18.0 Å². The SMILES string of the molecule is Cc1ncc(NC(=O)c2ccc(CN3CCN(C)CC3)c(C(F)(F)F)c2)cc1Cc1nccc(-c2cccnc2)n1. The van der Waals surface area contributed by atoms with Gasteiger partial charge in [0.1, 0.15) is 5.82 Å². The van der Waals surface area contributed by atoms with Gasteiger partial charge in [0, 0.05) is 74.6 Å². The summed E-state index contributed by atoms with van der Waals surface area (Å²) >= 11 is 0. The van der Waals surface area contributed by atoms with Crippen molar-refractivity contribution in [1.29, 1.82) is 0 Å². The van der Waals surface area contributed by atoms with Crippen molar-refractivity contribution in [1.82, 2.24) is 29.7 Å². The van der Waals surface area contributed by atoms with E-state index in [0.29, 0.717) is 31.0 Å². The van der Waals surface area contributed by atoms with Crippen molar-refractivity contribution in [3.8, 4) is 11.3 Å². The van der Waals surface area contributed by atoms with E-state index in [1.54, 1.807) is 30.7 Å². The third-order valence-corrected chi connectivity index (χ3v) is 7.13. The van der Waals surface area contributed by atoms with Gasteiger partial charge >= 0.3 is 6.18 Å². The van der Waals surface area contributed by atoms with Gasteiger partial charge in [0.25, 0.3) is 5.91 Å². The van der Waals surface area contributed by atoms with Crippen LogP contribution in [0.1, 0.15) is 38.6 Å². The Kier molecular flexibility index (Phi) is 8.36. The summed E-state index contributed by atoms with van der Waals surface area (Å²) in [4.78, 5) is 34.7. The first-order valence-electron chi connectivity index (χ1n) is 13.3. The molecule has 8 nitrogen and oxygen atoms in total. The highest BCUT2D eigenvalue weighted by atomic mass is 19.4. The molecule has 11 heteroatoms. The van der Waals surface area contributed by atoms with Crippen LogP contribution in [0.2, 0.25) is 0 Å². The molecule has 0 bridgehead atoms. The minimum Gasteiger partial charge on any atom is -0.321 e. The number of aryl methyl sites for hydroxylation is 1. The summed E-state index contributed by atoms with van der Waals surface area (Å²) < 4.78 is 42.0. The minimum absolute atomic E-state index is 0.0749. The van der Waals surface area contributed by atoms with E-state index in [0.717, 1.165) is 41.7 Å². The molecule has 5 rings (SSSR count). The Morgan fingerprint density at radius 3 is 2.51 bits per heavy atom. The molecule has 0 spiro atoms. The number of carbonyl (C=O) groups excluding carboxylic acids is 1. The van der Waals surface area contributed by atoms with Gasteiger partial charge in [-0.2, -0.15) is 13.2 Å². The molecule has 41 heavy (non-hydrogen) atoms. The molecule has 0 saturated carbocycles. The normalized spacial score (nSPS) is 14.7. The molecule has 212 valence electrons. The largest absolute Gasteiger partial charge is 0.416 e. The number of halogens is 3. The maximum atomic E-state index is 14.0. The van der Waals surface area contributed by atoms with Gasteiger partial charge in [-0.25, -0.2) is 9.97 Å². The third kappa shape index (κ3) is 7.11. The Morgan fingerprint density at radius 1 is 0.976 bits per heavy atom. The van der Waals surface area contributed by atoms with Crippen LogP contribution in [-0.2, 0) is 19.1 Å². The fourth-order valence-electron chi connectivity index (χ4n) is 4.73. The van der Waals surface area contributed by atoms with Crippen LogP contribution in [0.15, 0.2) is 67.3 Å². The van der Waals surface area contributed by atoms with Crippen LogP contribution in [0.5, 0.6) is 0 Å². The molecule has 0 aliphatic carbocycles. The Balaban J connectivity index is 1.32. The number of hydrogen-bond donors (Lipinski definition) is 1. The van der Waals surface area contributed by atoms with Crippen molar-refractivity contribution >= 4 is 11.6 Å². The third-order valence-electron chi connectivity index (χ3n) is 7.13. The quantitative estimate of drug-likeness (QED) is 0.345. The summed E-state index contributed by atoms with van der Waals surface area (Å²) in [7, 11) is 1.99. The molecule has 1 fully saturated rings. The average molecular weight is 562 g/mol. The number of benzene rings is 1. The van der Waals surface area contributed by atoms with E-state index in [-0.39, 0.29) is 17.7 Å². The number of anilines is 1. The minimum atomic E-state index is -4.58. The molecule has 0 unspecified atom stereocenters. The number of carbonyl (C=O) groups is 1. The number of amides is 1. The summed E-state index contributed by atoms with van der Waals surface area (Å²) in [6.07, 6.45) is 2.34. The molecular formula is C30H30F3N7O. The summed E-state index contributed by atoms with van der Waals surface area (Å²) in [5.41, 5.74) is 2.76. The van der Waals surface area contributed by atoms with Crippen molar-refractivity contribution < 1.29 is 18.0 Å². The zero-order chi connectivity index (χ0) is 29.0. The lowest BCUT2D eigenvalue weighted by Crippen LogP contribution is -2.44. The Labute approximate surface area is 236 Å². The molecule has 1 aliphatic rings. The first-order chi connectivity index (χ1) is 19.7. The number of alkyl halides is 3. The number of rotatable bonds is 7. The maximum absolute atomic E-state index is 14.0. The lowest BCUT2D eigenvalue weighted by Gasteiger charge is -2.33. The molecule has 0 radical (unpaired) electrons. The maximum Gasteiger partial charge on any atom is 0.416 e. The van der Waals surface area contributed by atoms with Gasteiger partial charge in [0.2, 0.25) is 0 Å². The van der Waals surface area contributed by atoms with Gasteiger partial charge in [-0.3, -0.25) is 19.7 Å².